The van der Waals surface area contributed by atoms with Crippen LogP contribution in [0.25, 0.3) is 0 Å². The Labute approximate surface area is 186 Å². The molecule has 2 amide bonds. The van der Waals surface area contributed by atoms with Crippen LogP contribution in [-0.4, -0.2) is 40.0 Å². The van der Waals surface area contributed by atoms with Crippen molar-refractivity contribution >= 4 is 12.0 Å². The summed E-state index contributed by atoms with van der Waals surface area (Å²) in [5, 5.41) is 9.90. The van der Waals surface area contributed by atoms with E-state index in [-0.39, 0.29) is 23.8 Å². The number of alkyl carbamates (subject to hydrolysis) is 1. The predicted molar refractivity (Wildman–Crippen MR) is 115 cm³/mol. The smallest absolute Gasteiger partial charge is 0.407 e. The number of nitrogens with one attached hydrogen (secondary N) is 2. The van der Waals surface area contributed by atoms with Gasteiger partial charge in [-0.1, -0.05) is 6.07 Å². The molecule has 0 radical (unpaired) electrons. The number of hydrogen-bond donors (Lipinski definition) is 2. The van der Waals surface area contributed by atoms with Crippen LogP contribution in [0.5, 0.6) is 0 Å². The van der Waals surface area contributed by atoms with Crippen molar-refractivity contribution < 1.29 is 23.1 Å². The molecule has 3 rings (SSSR count). The first-order valence-electron chi connectivity index (χ1n) is 10.8. The van der Waals surface area contributed by atoms with E-state index in [4.69, 9.17) is 4.74 Å². The van der Waals surface area contributed by atoms with Crippen LogP contribution in [-0.2, 0) is 24.1 Å². The maximum absolute atomic E-state index is 13.9. The van der Waals surface area contributed by atoms with Crippen LogP contribution < -0.4 is 10.6 Å². The molecular formula is C23H30F2N4O3. The number of nitrogens with zero attached hydrogens (tertiary/aromatic N) is 2. The summed E-state index contributed by atoms with van der Waals surface area (Å²) in [4.78, 5) is 24.8. The Kier molecular flexibility index (Phi) is 7.16. The molecule has 9 heteroatoms. The highest BCUT2D eigenvalue weighted by Crippen LogP contribution is 2.23. The molecule has 174 valence electrons. The number of fused-ring (bicyclic) bond motifs is 1. The molecule has 1 aliphatic heterocycles. The molecule has 2 aromatic rings. The topological polar surface area (TPSA) is 85.3 Å². The summed E-state index contributed by atoms with van der Waals surface area (Å²) in [6, 6.07) is 3.24. The van der Waals surface area contributed by atoms with E-state index in [1.165, 1.54) is 24.4 Å². The molecule has 2 atom stereocenters. The monoisotopic (exact) mass is 448 g/mol. The van der Waals surface area contributed by atoms with Crippen molar-refractivity contribution in [3.05, 3.63) is 52.9 Å². The van der Waals surface area contributed by atoms with E-state index in [2.05, 4.69) is 15.7 Å². The van der Waals surface area contributed by atoms with Gasteiger partial charge >= 0.3 is 6.09 Å². The van der Waals surface area contributed by atoms with Crippen molar-refractivity contribution in [3.8, 4) is 0 Å². The van der Waals surface area contributed by atoms with Gasteiger partial charge in [0.05, 0.1) is 17.5 Å². The highest BCUT2D eigenvalue weighted by atomic mass is 19.1. The van der Waals surface area contributed by atoms with E-state index in [1.807, 2.05) is 0 Å². The van der Waals surface area contributed by atoms with Crippen LogP contribution in [0.1, 0.15) is 55.7 Å². The fourth-order valence-corrected chi connectivity index (χ4v) is 3.79. The zero-order valence-corrected chi connectivity index (χ0v) is 18.9. The summed E-state index contributed by atoms with van der Waals surface area (Å²) in [5.74, 6) is -1.46. The first kappa shape index (κ1) is 23.7. The van der Waals surface area contributed by atoms with Gasteiger partial charge in [0.25, 0.3) is 5.91 Å². The van der Waals surface area contributed by atoms with Crippen LogP contribution in [0.4, 0.5) is 13.6 Å². The molecule has 0 saturated heterocycles. The normalized spacial score (nSPS) is 16.8. The molecule has 0 spiro atoms. The molecule has 1 aromatic carbocycles. The Morgan fingerprint density at radius 1 is 1.28 bits per heavy atom. The molecule has 0 bridgehead atoms. The molecule has 0 aliphatic carbocycles. The maximum atomic E-state index is 13.9. The van der Waals surface area contributed by atoms with E-state index in [0.717, 1.165) is 12.1 Å². The van der Waals surface area contributed by atoms with Gasteiger partial charge in [0.2, 0.25) is 0 Å². The van der Waals surface area contributed by atoms with E-state index in [0.29, 0.717) is 25.1 Å². The number of carbonyl (C=O) groups excluding carboxylic acids is 2. The minimum absolute atomic E-state index is 0.0378. The number of aryl methyl sites for hydroxylation is 1. The summed E-state index contributed by atoms with van der Waals surface area (Å²) < 4.78 is 34.9. The van der Waals surface area contributed by atoms with E-state index in [1.54, 1.807) is 32.4 Å². The van der Waals surface area contributed by atoms with Gasteiger partial charge in [-0.3, -0.25) is 9.48 Å². The van der Waals surface area contributed by atoms with E-state index in [9.17, 15) is 18.4 Å². The van der Waals surface area contributed by atoms with Gasteiger partial charge in [0.1, 0.15) is 17.2 Å². The first-order chi connectivity index (χ1) is 15.0. The average Bonchev–Trinajstić information content (AvgIpc) is 3.11. The number of ether oxygens (including phenoxy) is 1. The number of amides is 2. The standard InChI is InChI=1S/C23H30F2N4O3/c1-14(10-16-18(24)6-5-7-19(16)25)28-21(30)17-13-27-29-9-8-15(11-20(17)29)12-26-22(31)32-23(2,3)4/h5-7,13-15H,8-12H2,1-4H3,(H,26,31)(H,28,30). The van der Waals surface area contributed by atoms with Gasteiger partial charge < -0.3 is 15.4 Å². The van der Waals surface area contributed by atoms with Gasteiger partial charge in [-0.15, -0.1) is 0 Å². The van der Waals surface area contributed by atoms with Crippen molar-refractivity contribution in [1.82, 2.24) is 20.4 Å². The number of benzene rings is 1. The van der Waals surface area contributed by atoms with Crippen LogP contribution in [0.2, 0.25) is 0 Å². The number of hydrogen-bond acceptors (Lipinski definition) is 4. The molecule has 0 saturated carbocycles. The first-order valence-corrected chi connectivity index (χ1v) is 10.8. The second-order valence-electron chi connectivity index (χ2n) is 9.25. The van der Waals surface area contributed by atoms with Crippen LogP contribution in [0.15, 0.2) is 24.4 Å². The summed E-state index contributed by atoms with van der Waals surface area (Å²) in [6.07, 6.45) is 2.48. The molecule has 7 nitrogen and oxygen atoms in total. The Morgan fingerprint density at radius 2 is 1.97 bits per heavy atom. The Balaban J connectivity index is 1.59. The number of halogens is 2. The second-order valence-corrected chi connectivity index (χ2v) is 9.25. The zero-order valence-electron chi connectivity index (χ0n) is 18.9. The van der Waals surface area contributed by atoms with Crippen molar-refractivity contribution in [3.63, 3.8) is 0 Å². The van der Waals surface area contributed by atoms with Crippen molar-refractivity contribution in [1.29, 1.82) is 0 Å². The van der Waals surface area contributed by atoms with Gasteiger partial charge in [-0.2, -0.15) is 5.10 Å². The lowest BCUT2D eigenvalue weighted by Crippen LogP contribution is -2.38. The van der Waals surface area contributed by atoms with Crippen LogP contribution >= 0.6 is 0 Å². The third-order valence-electron chi connectivity index (χ3n) is 5.31. The predicted octanol–water partition coefficient (Wildman–Crippen LogP) is 3.61. The Hall–Kier alpha value is -2.97. The van der Waals surface area contributed by atoms with Crippen LogP contribution in [0, 0.1) is 17.6 Å². The average molecular weight is 449 g/mol. The van der Waals surface area contributed by atoms with Gasteiger partial charge in [-0.25, -0.2) is 13.6 Å². The molecule has 2 unspecified atom stereocenters. The summed E-state index contributed by atoms with van der Waals surface area (Å²) in [6.45, 7) is 8.19. The minimum Gasteiger partial charge on any atom is -0.444 e. The summed E-state index contributed by atoms with van der Waals surface area (Å²) >= 11 is 0. The zero-order chi connectivity index (χ0) is 23.5. The largest absolute Gasteiger partial charge is 0.444 e. The van der Waals surface area contributed by atoms with Gasteiger partial charge in [-0.05, 0) is 65.0 Å². The third-order valence-corrected chi connectivity index (χ3v) is 5.31. The molecule has 1 aromatic heterocycles. The number of carbonyl (C=O) groups is 2. The maximum Gasteiger partial charge on any atom is 0.407 e. The highest BCUT2D eigenvalue weighted by molar-refractivity contribution is 5.95. The SMILES string of the molecule is CC(Cc1c(F)cccc1F)NC(=O)c1cnn2c1CC(CNC(=O)OC(C)(C)C)CC2. The molecule has 32 heavy (non-hydrogen) atoms. The molecule has 2 N–H and O–H groups in total. The summed E-state index contributed by atoms with van der Waals surface area (Å²) in [5.41, 5.74) is 0.607. The lowest BCUT2D eigenvalue weighted by Gasteiger charge is -2.25. The highest BCUT2D eigenvalue weighted by Gasteiger charge is 2.27. The molecule has 2 heterocycles. The van der Waals surface area contributed by atoms with Gasteiger partial charge in [0.15, 0.2) is 0 Å². The molecule has 1 aliphatic rings. The quantitative estimate of drug-likeness (QED) is 0.707. The molecular weight excluding hydrogens is 418 g/mol. The van der Waals surface area contributed by atoms with Crippen molar-refractivity contribution in [2.45, 2.75) is 65.1 Å². The van der Waals surface area contributed by atoms with Crippen LogP contribution in [0.3, 0.4) is 0 Å². The number of aromatic nitrogens is 2. The lowest BCUT2D eigenvalue weighted by molar-refractivity contribution is 0.0516. The van der Waals surface area contributed by atoms with Crippen molar-refractivity contribution in [2.75, 3.05) is 6.54 Å². The van der Waals surface area contributed by atoms with E-state index < -0.39 is 29.4 Å². The second kappa shape index (κ2) is 9.67. The van der Waals surface area contributed by atoms with E-state index >= 15 is 0 Å². The Morgan fingerprint density at radius 3 is 2.62 bits per heavy atom. The molecule has 0 fully saturated rings. The fraction of sp³-hybridized carbons (Fsp3) is 0.522. The third kappa shape index (κ3) is 6.05. The summed E-state index contributed by atoms with van der Waals surface area (Å²) in [7, 11) is 0. The van der Waals surface area contributed by atoms with Gasteiger partial charge in [0, 0.05) is 24.7 Å². The lowest BCUT2D eigenvalue weighted by atomic mass is 9.94. The van der Waals surface area contributed by atoms with Crippen molar-refractivity contribution in [2.24, 2.45) is 5.92 Å². The minimum atomic E-state index is -0.630. The Bertz CT molecular complexity index is 964. The number of rotatable bonds is 6. The fourth-order valence-electron chi connectivity index (χ4n) is 3.79.